The molecule has 1 amide bonds. The molecule has 21 heavy (non-hydrogen) atoms. The summed E-state index contributed by atoms with van der Waals surface area (Å²) >= 11 is 0. The zero-order chi connectivity index (χ0) is 15.2. The number of rotatable bonds is 5. The molecule has 0 atom stereocenters. The molecule has 1 aromatic rings. The smallest absolute Gasteiger partial charge is 0.339 e. The summed E-state index contributed by atoms with van der Waals surface area (Å²) < 4.78 is 0. The second-order valence-corrected chi connectivity index (χ2v) is 5.12. The van der Waals surface area contributed by atoms with Crippen LogP contribution in [0.25, 0.3) is 0 Å². The Hall–Kier alpha value is -2.18. The summed E-state index contributed by atoms with van der Waals surface area (Å²) in [6.45, 7) is 3.76. The van der Waals surface area contributed by atoms with E-state index in [2.05, 4.69) is 15.3 Å². The first-order valence-electron chi connectivity index (χ1n) is 7.16. The fourth-order valence-electron chi connectivity index (χ4n) is 2.34. The van der Waals surface area contributed by atoms with E-state index in [9.17, 15) is 9.59 Å². The molecule has 0 spiro atoms. The summed E-state index contributed by atoms with van der Waals surface area (Å²) in [6, 6.07) is 0. The van der Waals surface area contributed by atoms with Crippen molar-refractivity contribution in [3.8, 4) is 0 Å². The lowest BCUT2D eigenvalue weighted by atomic mass is 10.1. The van der Waals surface area contributed by atoms with Gasteiger partial charge in [-0.05, 0) is 26.2 Å². The SMILES string of the molecule is Cc1nc(NCCC(=O)N2CCCCC2)ncc1C(=O)O. The number of likely N-dealkylation sites (tertiary alicyclic amines) is 1. The second-order valence-electron chi connectivity index (χ2n) is 5.12. The molecule has 1 aliphatic rings. The standard InChI is InChI=1S/C14H20N4O3/c1-10-11(13(20)21)9-16-14(17-10)15-6-5-12(19)18-7-3-2-4-8-18/h9H,2-8H2,1H3,(H,20,21)(H,15,16,17). The highest BCUT2D eigenvalue weighted by Gasteiger charge is 2.16. The van der Waals surface area contributed by atoms with Gasteiger partial charge in [0.05, 0.1) is 11.3 Å². The molecular formula is C14H20N4O3. The highest BCUT2D eigenvalue weighted by molar-refractivity contribution is 5.88. The number of aromatic carboxylic acids is 1. The average Bonchev–Trinajstić information content (AvgIpc) is 2.47. The van der Waals surface area contributed by atoms with Gasteiger partial charge in [-0.3, -0.25) is 4.79 Å². The third-order valence-electron chi connectivity index (χ3n) is 3.54. The van der Waals surface area contributed by atoms with Gasteiger partial charge < -0.3 is 15.3 Å². The Morgan fingerprint density at radius 2 is 2.05 bits per heavy atom. The molecule has 7 nitrogen and oxygen atoms in total. The number of nitrogens with zero attached hydrogens (tertiary/aromatic N) is 3. The first-order chi connectivity index (χ1) is 10.1. The normalized spacial score (nSPS) is 14.8. The molecule has 0 radical (unpaired) electrons. The highest BCUT2D eigenvalue weighted by atomic mass is 16.4. The maximum absolute atomic E-state index is 12.0. The fourth-order valence-corrected chi connectivity index (χ4v) is 2.34. The van der Waals surface area contributed by atoms with Crippen molar-refractivity contribution in [1.29, 1.82) is 0 Å². The van der Waals surface area contributed by atoms with Crippen molar-refractivity contribution in [3.05, 3.63) is 17.5 Å². The van der Waals surface area contributed by atoms with Crippen LogP contribution in [0.1, 0.15) is 41.7 Å². The fraction of sp³-hybridized carbons (Fsp3) is 0.571. The third-order valence-corrected chi connectivity index (χ3v) is 3.54. The van der Waals surface area contributed by atoms with Crippen LogP contribution in [0.2, 0.25) is 0 Å². The van der Waals surface area contributed by atoms with Crippen molar-refractivity contribution in [2.75, 3.05) is 25.0 Å². The number of carbonyl (C=O) groups excluding carboxylic acids is 1. The van der Waals surface area contributed by atoms with E-state index in [1.807, 2.05) is 4.90 Å². The van der Waals surface area contributed by atoms with Gasteiger partial charge in [-0.25, -0.2) is 14.8 Å². The van der Waals surface area contributed by atoms with E-state index in [0.717, 1.165) is 25.9 Å². The molecule has 1 aromatic heterocycles. The number of amides is 1. The number of aromatic nitrogens is 2. The van der Waals surface area contributed by atoms with Gasteiger partial charge in [0.25, 0.3) is 0 Å². The van der Waals surface area contributed by atoms with E-state index in [-0.39, 0.29) is 11.5 Å². The minimum absolute atomic E-state index is 0.0879. The predicted octanol–water partition coefficient (Wildman–Crippen LogP) is 1.30. The summed E-state index contributed by atoms with van der Waals surface area (Å²) in [5.74, 6) is -0.552. The minimum atomic E-state index is -1.04. The largest absolute Gasteiger partial charge is 0.478 e. The predicted molar refractivity (Wildman–Crippen MR) is 77.3 cm³/mol. The zero-order valence-electron chi connectivity index (χ0n) is 12.1. The summed E-state index contributed by atoms with van der Waals surface area (Å²) in [7, 11) is 0. The van der Waals surface area contributed by atoms with Gasteiger partial charge in [0.1, 0.15) is 0 Å². The molecule has 1 saturated heterocycles. The summed E-state index contributed by atoms with van der Waals surface area (Å²) in [4.78, 5) is 32.7. The van der Waals surface area contributed by atoms with Crippen LogP contribution in [-0.2, 0) is 4.79 Å². The van der Waals surface area contributed by atoms with Crippen LogP contribution in [0.15, 0.2) is 6.20 Å². The summed E-state index contributed by atoms with van der Waals surface area (Å²) in [5.41, 5.74) is 0.493. The molecule has 0 bridgehead atoms. The topological polar surface area (TPSA) is 95.4 Å². The number of carboxylic acids is 1. The first-order valence-corrected chi connectivity index (χ1v) is 7.16. The van der Waals surface area contributed by atoms with Crippen LogP contribution < -0.4 is 5.32 Å². The zero-order valence-corrected chi connectivity index (χ0v) is 12.1. The van der Waals surface area contributed by atoms with Gasteiger partial charge in [0.15, 0.2) is 0 Å². The Balaban J connectivity index is 1.81. The minimum Gasteiger partial charge on any atom is -0.478 e. The highest BCUT2D eigenvalue weighted by Crippen LogP contribution is 2.10. The molecular weight excluding hydrogens is 272 g/mol. The average molecular weight is 292 g/mol. The van der Waals surface area contributed by atoms with Gasteiger partial charge in [-0.15, -0.1) is 0 Å². The molecule has 0 aromatic carbocycles. The summed E-state index contributed by atoms with van der Waals surface area (Å²) in [6.07, 6.45) is 5.03. The van der Waals surface area contributed by atoms with Gasteiger partial charge in [-0.2, -0.15) is 0 Å². The van der Waals surface area contributed by atoms with E-state index in [1.165, 1.54) is 12.6 Å². The molecule has 7 heteroatoms. The molecule has 1 fully saturated rings. The van der Waals surface area contributed by atoms with Gasteiger partial charge in [0.2, 0.25) is 11.9 Å². The molecule has 0 saturated carbocycles. The van der Waals surface area contributed by atoms with Crippen molar-refractivity contribution in [3.63, 3.8) is 0 Å². The Kier molecular flexibility index (Phi) is 5.08. The number of carbonyl (C=O) groups is 2. The first kappa shape index (κ1) is 15.2. The van der Waals surface area contributed by atoms with E-state index in [4.69, 9.17) is 5.11 Å². The Labute approximate surface area is 123 Å². The maximum atomic E-state index is 12.0. The van der Waals surface area contributed by atoms with Gasteiger partial charge >= 0.3 is 5.97 Å². The van der Waals surface area contributed by atoms with E-state index in [1.54, 1.807) is 6.92 Å². The number of anilines is 1. The van der Waals surface area contributed by atoms with Crippen molar-refractivity contribution in [2.24, 2.45) is 0 Å². The molecule has 0 unspecified atom stereocenters. The number of hydrogen-bond donors (Lipinski definition) is 2. The molecule has 2 N–H and O–H groups in total. The number of carboxylic acid groups (broad SMARTS) is 1. The second kappa shape index (κ2) is 7.01. The van der Waals surface area contributed by atoms with Crippen LogP contribution in [0.5, 0.6) is 0 Å². The van der Waals surface area contributed by atoms with E-state index >= 15 is 0 Å². The van der Waals surface area contributed by atoms with E-state index in [0.29, 0.717) is 24.6 Å². The molecule has 2 rings (SSSR count). The number of aryl methyl sites for hydroxylation is 1. The molecule has 2 heterocycles. The van der Waals surface area contributed by atoms with Crippen LogP contribution in [0.4, 0.5) is 5.95 Å². The molecule has 114 valence electrons. The Morgan fingerprint density at radius 1 is 1.33 bits per heavy atom. The lowest BCUT2D eigenvalue weighted by molar-refractivity contribution is -0.131. The van der Waals surface area contributed by atoms with Crippen LogP contribution in [0, 0.1) is 6.92 Å². The van der Waals surface area contributed by atoms with Crippen LogP contribution in [-0.4, -0.2) is 51.5 Å². The number of nitrogens with one attached hydrogen (secondary N) is 1. The Bertz CT molecular complexity index is 527. The molecule has 0 aliphatic carbocycles. The van der Waals surface area contributed by atoms with Gasteiger partial charge in [-0.1, -0.05) is 0 Å². The lowest BCUT2D eigenvalue weighted by Crippen LogP contribution is -2.36. The van der Waals surface area contributed by atoms with Gasteiger partial charge in [0, 0.05) is 32.3 Å². The van der Waals surface area contributed by atoms with Crippen LogP contribution >= 0.6 is 0 Å². The van der Waals surface area contributed by atoms with Crippen molar-refractivity contribution in [2.45, 2.75) is 32.6 Å². The monoisotopic (exact) mass is 292 g/mol. The number of piperidine rings is 1. The van der Waals surface area contributed by atoms with Crippen molar-refractivity contribution >= 4 is 17.8 Å². The van der Waals surface area contributed by atoms with Crippen molar-refractivity contribution < 1.29 is 14.7 Å². The Morgan fingerprint density at radius 3 is 2.67 bits per heavy atom. The quantitative estimate of drug-likeness (QED) is 0.849. The molecule has 1 aliphatic heterocycles. The third kappa shape index (κ3) is 4.14. The maximum Gasteiger partial charge on any atom is 0.339 e. The lowest BCUT2D eigenvalue weighted by Gasteiger charge is -2.26. The number of hydrogen-bond acceptors (Lipinski definition) is 5. The van der Waals surface area contributed by atoms with E-state index < -0.39 is 5.97 Å². The summed E-state index contributed by atoms with van der Waals surface area (Å²) in [5, 5.41) is 11.9. The van der Waals surface area contributed by atoms with Crippen molar-refractivity contribution in [1.82, 2.24) is 14.9 Å². The van der Waals surface area contributed by atoms with Crippen LogP contribution in [0.3, 0.4) is 0 Å².